The Morgan fingerprint density at radius 2 is 1.90 bits per heavy atom. The topological polar surface area (TPSA) is 38.7 Å². The van der Waals surface area contributed by atoms with Crippen molar-refractivity contribution in [3.63, 3.8) is 0 Å². The van der Waals surface area contributed by atoms with Crippen LogP contribution >= 0.6 is 11.6 Å². The molecule has 0 aliphatic heterocycles. The normalized spacial score (nSPS) is 10.7. The van der Waals surface area contributed by atoms with Crippen molar-refractivity contribution in [3.8, 4) is 16.9 Å². The lowest BCUT2D eigenvalue weighted by Gasteiger charge is -2.13. The van der Waals surface area contributed by atoms with E-state index in [1.54, 1.807) is 25.3 Å². The Morgan fingerprint density at radius 1 is 1.10 bits per heavy atom. The van der Waals surface area contributed by atoms with E-state index in [1.165, 1.54) is 18.2 Å². The number of halogens is 2. The second-order valence-electron chi connectivity index (χ2n) is 4.44. The van der Waals surface area contributed by atoms with Gasteiger partial charge in [0.2, 0.25) is 0 Å². The Kier molecular flexibility index (Phi) is 5.56. The standard InChI is InChI=1S/C16H16ClFO3/c1-20-6-7-21-13-4-2-11(10-19)14(9-13)15-8-12(18)3-5-16(15)17/h2-5,8-9,19H,6-7,10H2,1H3. The third-order valence-corrected chi connectivity index (χ3v) is 3.36. The molecule has 21 heavy (non-hydrogen) atoms. The summed E-state index contributed by atoms with van der Waals surface area (Å²) in [5.74, 6) is 0.226. The highest BCUT2D eigenvalue weighted by Crippen LogP contribution is 2.33. The van der Waals surface area contributed by atoms with Crippen LogP contribution in [0.4, 0.5) is 4.39 Å². The molecule has 0 unspecified atom stereocenters. The van der Waals surface area contributed by atoms with Crippen LogP contribution in [-0.4, -0.2) is 25.4 Å². The van der Waals surface area contributed by atoms with Crippen molar-refractivity contribution in [1.82, 2.24) is 0 Å². The summed E-state index contributed by atoms with van der Waals surface area (Å²) < 4.78 is 23.9. The van der Waals surface area contributed by atoms with Crippen molar-refractivity contribution in [2.24, 2.45) is 0 Å². The first-order valence-electron chi connectivity index (χ1n) is 6.46. The molecule has 0 aliphatic rings. The Hall–Kier alpha value is -1.62. The first-order valence-corrected chi connectivity index (χ1v) is 6.84. The molecule has 2 aromatic rings. The fourth-order valence-corrected chi connectivity index (χ4v) is 2.20. The van der Waals surface area contributed by atoms with Gasteiger partial charge in [0.1, 0.15) is 18.2 Å². The Balaban J connectivity index is 2.40. The minimum Gasteiger partial charge on any atom is -0.491 e. The number of hydrogen-bond donors (Lipinski definition) is 1. The van der Waals surface area contributed by atoms with E-state index >= 15 is 0 Å². The lowest BCUT2D eigenvalue weighted by atomic mass is 9.99. The summed E-state index contributed by atoms with van der Waals surface area (Å²) in [4.78, 5) is 0. The smallest absolute Gasteiger partial charge is 0.123 e. The van der Waals surface area contributed by atoms with Gasteiger partial charge in [0.15, 0.2) is 0 Å². The van der Waals surface area contributed by atoms with E-state index in [-0.39, 0.29) is 12.4 Å². The molecular formula is C16H16ClFO3. The average molecular weight is 311 g/mol. The summed E-state index contributed by atoms with van der Waals surface area (Å²) in [5, 5.41) is 9.86. The molecule has 2 rings (SSSR count). The number of ether oxygens (including phenoxy) is 2. The maximum Gasteiger partial charge on any atom is 0.123 e. The zero-order valence-corrected chi connectivity index (χ0v) is 12.4. The summed E-state index contributed by atoms with van der Waals surface area (Å²) >= 11 is 6.13. The van der Waals surface area contributed by atoms with E-state index in [0.717, 1.165) is 0 Å². The minimum absolute atomic E-state index is 0.166. The quantitative estimate of drug-likeness (QED) is 0.828. The molecule has 1 N–H and O–H groups in total. The van der Waals surface area contributed by atoms with Gasteiger partial charge in [0, 0.05) is 17.7 Å². The lowest BCUT2D eigenvalue weighted by molar-refractivity contribution is 0.146. The molecule has 3 nitrogen and oxygen atoms in total. The molecule has 0 fully saturated rings. The molecule has 2 aromatic carbocycles. The fourth-order valence-electron chi connectivity index (χ4n) is 1.98. The fraction of sp³-hybridized carbons (Fsp3) is 0.250. The Morgan fingerprint density at radius 3 is 2.62 bits per heavy atom. The third kappa shape index (κ3) is 3.94. The van der Waals surface area contributed by atoms with E-state index in [4.69, 9.17) is 21.1 Å². The summed E-state index contributed by atoms with van der Waals surface area (Å²) in [7, 11) is 1.59. The van der Waals surface area contributed by atoms with E-state index in [9.17, 15) is 9.50 Å². The number of benzene rings is 2. The van der Waals surface area contributed by atoms with Gasteiger partial charge in [0.25, 0.3) is 0 Å². The maximum atomic E-state index is 13.4. The molecule has 0 radical (unpaired) electrons. The van der Waals surface area contributed by atoms with Crippen molar-refractivity contribution >= 4 is 11.6 Å². The molecule has 0 atom stereocenters. The van der Waals surface area contributed by atoms with Crippen LogP contribution in [0.25, 0.3) is 11.1 Å². The van der Waals surface area contributed by atoms with Crippen LogP contribution < -0.4 is 4.74 Å². The second kappa shape index (κ2) is 7.41. The van der Waals surface area contributed by atoms with E-state index in [1.807, 2.05) is 0 Å². The number of aliphatic hydroxyl groups is 1. The van der Waals surface area contributed by atoms with Crippen LogP contribution in [0.2, 0.25) is 5.02 Å². The van der Waals surface area contributed by atoms with Gasteiger partial charge in [-0.1, -0.05) is 17.7 Å². The second-order valence-corrected chi connectivity index (χ2v) is 4.85. The van der Waals surface area contributed by atoms with E-state index in [2.05, 4.69) is 0 Å². The van der Waals surface area contributed by atoms with Gasteiger partial charge in [-0.2, -0.15) is 0 Å². The van der Waals surface area contributed by atoms with Crippen LogP contribution in [0, 0.1) is 5.82 Å². The highest BCUT2D eigenvalue weighted by Gasteiger charge is 2.11. The van der Waals surface area contributed by atoms with Crippen molar-refractivity contribution in [2.75, 3.05) is 20.3 Å². The first kappa shape index (κ1) is 15.8. The Bertz CT molecular complexity index is 616. The van der Waals surface area contributed by atoms with E-state index < -0.39 is 0 Å². The van der Waals surface area contributed by atoms with Gasteiger partial charge >= 0.3 is 0 Å². The molecule has 5 heteroatoms. The summed E-state index contributed by atoms with van der Waals surface area (Å²) in [6, 6.07) is 9.35. The van der Waals surface area contributed by atoms with Crippen molar-refractivity contribution in [2.45, 2.75) is 6.61 Å². The molecule has 0 amide bonds. The van der Waals surface area contributed by atoms with Crippen LogP contribution in [-0.2, 0) is 11.3 Å². The van der Waals surface area contributed by atoms with Crippen LogP contribution in [0.3, 0.4) is 0 Å². The molecule has 0 aromatic heterocycles. The highest BCUT2D eigenvalue weighted by atomic mass is 35.5. The molecule has 0 bridgehead atoms. The zero-order chi connectivity index (χ0) is 15.2. The van der Waals surface area contributed by atoms with Crippen LogP contribution in [0.5, 0.6) is 5.75 Å². The highest BCUT2D eigenvalue weighted by molar-refractivity contribution is 6.33. The van der Waals surface area contributed by atoms with Gasteiger partial charge < -0.3 is 14.6 Å². The third-order valence-electron chi connectivity index (χ3n) is 3.03. The van der Waals surface area contributed by atoms with Gasteiger partial charge in [-0.15, -0.1) is 0 Å². The van der Waals surface area contributed by atoms with Crippen molar-refractivity contribution in [3.05, 3.63) is 52.8 Å². The number of methoxy groups -OCH3 is 1. The maximum absolute atomic E-state index is 13.4. The molecular weight excluding hydrogens is 295 g/mol. The van der Waals surface area contributed by atoms with E-state index in [0.29, 0.717) is 40.7 Å². The SMILES string of the molecule is COCCOc1ccc(CO)c(-c2cc(F)ccc2Cl)c1. The predicted octanol–water partition coefficient (Wildman–Crippen LogP) is 3.66. The summed E-state index contributed by atoms with van der Waals surface area (Å²) in [6.07, 6.45) is 0. The number of aliphatic hydroxyl groups excluding tert-OH is 1. The van der Waals surface area contributed by atoms with Crippen molar-refractivity contribution < 1.29 is 19.0 Å². The molecule has 0 aliphatic carbocycles. The monoisotopic (exact) mass is 310 g/mol. The number of hydrogen-bond acceptors (Lipinski definition) is 3. The van der Waals surface area contributed by atoms with Gasteiger partial charge in [-0.05, 0) is 41.5 Å². The average Bonchev–Trinajstić information content (AvgIpc) is 2.50. The van der Waals surface area contributed by atoms with Gasteiger partial charge in [-0.3, -0.25) is 0 Å². The van der Waals surface area contributed by atoms with Gasteiger partial charge in [0.05, 0.1) is 13.2 Å². The Labute approximate surface area is 127 Å². The lowest BCUT2D eigenvalue weighted by Crippen LogP contribution is -2.04. The molecule has 0 spiro atoms. The molecule has 0 saturated carbocycles. The summed E-state index contributed by atoms with van der Waals surface area (Å²) in [5.41, 5.74) is 1.83. The first-order chi connectivity index (χ1) is 10.2. The minimum atomic E-state index is -0.385. The van der Waals surface area contributed by atoms with Crippen LogP contribution in [0.15, 0.2) is 36.4 Å². The van der Waals surface area contributed by atoms with Gasteiger partial charge in [-0.25, -0.2) is 4.39 Å². The predicted molar refractivity (Wildman–Crippen MR) is 80.1 cm³/mol. The zero-order valence-electron chi connectivity index (χ0n) is 11.6. The molecule has 0 heterocycles. The van der Waals surface area contributed by atoms with Crippen molar-refractivity contribution in [1.29, 1.82) is 0 Å². The molecule has 0 saturated heterocycles. The van der Waals surface area contributed by atoms with Crippen LogP contribution in [0.1, 0.15) is 5.56 Å². The largest absolute Gasteiger partial charge is 0.491 e. The summed E-state index contributed by atoms with van der Waals surface area (Å²) in [6.45, 7) is 0.712. The number of rotatable bonds is 6. The molecule has 112 valence electrons.